The first-order chi connectivity index (χ1) is 9.54. The first-order valence-corrected chi connectivity index (χ1v) is 7.18. The molecular formula is C14H26N2O4. The van der Waals surface area contributed by atoms with Crippen molar-refractivity contribution in [1.29, 1.82) is 0 Å². The first kappa shape index (κ1) is 16.9. The van der Waals surface area contributed by atoms with Gasteiger partial charge in [-0.05, 0) is 6.42 Å². The third kappa shape index (κ3) is 5.88. The minimum Gasteiger partial charge on any atom is -0.469 e. The van der Waals surface area contributed by atoms with E-state index in [0.29, 0.717) is 13.1 Å². The molecule has 0 aromatic heterocycles. The van der Waals surface area contributed by atoms with Gasteiger partial charge in [0.1, 0.15) is 0 Å². The normalized spacial score (nSPS) is 17.6. The zero-order valence-electron chi connectivity index (χ0n) is 12.8. The van der Waals surface area contributed by atoms with Gasteiger partial charge in [0.05, 0.1) is 26.2 Å². The van der Waals surface area contributed by atoms with Crippen molar-refractivity contribution in [1.82, 2.24) is 9.80 Å². The zero-order valence-corrected chi connectivity index (χ0v) is 12.8. The topological polar surface area (TPSA) is 59.1 Å². The lowest BCUT2D eigenvalue weighted by Crippen LogP contribution is -2.40. The second-order valence-electron chi connectivity index (χ2n) is 5.20. The minimum absolute atomic E-state index is 0.00253. The number of hydrogen-bond donors (Lipinski definition) is 0. The quantitative estimate of drug-likeness (QED) is 0.633. The van der Waals surface area contributed by atoms with Crippen LogP contribution in [0.1, 0.15) is 20.3 Å². The van der Waals surface area contributed by atoms with Crippen LogP contribution in [0.15, 0.2) is 0 Å². The Morgan fingerprint density at radius 3 is 2.55 bits per heavy atom. The van der Waals surface area contributed by atoms with Crippen molar-refractivity contribution in [2.24, 2.45) is 5.92 Å². The molecule has 1 amide bonds. The fraction of sp³-hybridized carbons (Fsp3) is 0.857. The molecule has 1 atom stereocenters. The van der Waals surface area contributed by atoms with Gasteiger partial charge >= 0.3 is 5.97 Å². The fourth-order valence-corrected chi connectivity index (χ4v) is 2.29. The molecule has 0 aromatic rings. The number of morpholine rings is 1. The number of methoxy groups -OCH3 is 1. The summed E-state index contributed by atoms with van der Waals surface area (Å²) >= 11 is 0. The van der Waals surface area contributed by atoms with Crippen molar-refractivity contribution in [3.8, 4) is 0 Å². The molecule has 6 heteroatoms. The van der Waals surface area contributed by atoms with Gasteiger partial charge in [-0.15, -0.1) is 0 Å². The van der Waals surface area contributed by atoms with Crippen LogP contribution in [0.4, 0.5) is 0 Å². The maximum absolute atomic E-state index is 11.6. The van der Waals surface area contributed by atoms with E-state index in [2.05, 4.69) is 4.90 Å². The SMILES string of the molecule is COC(=O)C(C)CN(CCCN1CCOCC1)C(C)=O. The van der Waals surface area contributed by atoms with Crippen LogP contribution in [0.25, 0.3) is 0 Å². The highest BCUT2D eigenvalue weighted by atomic mass is 16.5. The molecule has 1 aliphatic rings. The first-order valence-electron chi connectivity index (χ1n) is 7.18. The number of ether oxygens (including phenoxy) is 2. The predicted molar refractivity (Wildman–Crippen MR) is 75.3 cm³/mol. The van der Waals surface area contributed by atoms with E-state index in [0.717, 1.165) is 39.3 Å². The molecule has 0 aliphatic carbocycles. The number of carbonyl (C=O) groups excluding carboxylic acids is 2. The second kappa shape index (κ2) is 8.92. The van der Waals surface area contributed by atoms with Gasteiger partial charge in [-0.25, -0.2) is 0 Å². The van der Waals surface area contributed by atoms with Crippen LogP contribution in [-0.4, -0.2) is 74.7 Å². The Bertz CT molecular complexity index is 316. The van der Waals surface area contributed by atoms with Crippen molar-refractivity contribution in [3.63, 3.8) is 0 Å². The number of carbonyl (C=O) groups is 2. The Hall–Kier alpha value is -1.14. The molecule has 0 N–H and O–H groups in total. The standard InChI is InChI=1S/C14H26N2O4/c1-12(14(18)19-3)11-16(13(2)17)6-4-5-15-7-9-20-10-8-15/h12H,4-11H2,1-3H3. The van der Waals surface area contributed by atoms with Gasteiger partial charge in [0.15, 0.2) is 0 Å². The van der Waals surface area contributed by atoms with Crippen LogP contribution < -0.4 is 0 Å². The number of rotatable bonds is 7. The van der Waals surface area contributed by atoms with Crippen molar-refractivity contribution in [2.75, 3.05) is 53.0 Å². The molecule has 0 saturated carbocycles. The molecule has 0 radical (unpaired) electrons. The lowest BCUT2D eigenvalue weighted by Gasteiger charge is -2.28. The summed E-state index contributed by atoms with van der Waals surface area (Å²) in [7, 11) is 1.37. The van der Waals surface area contributed by atoms with Crippen molar-refractivity contribution in [2.45, 2.75) is 20.3 Å². The summed E-state index contributed by atoms with van der Waals surface area (Å²) in [5.41, 5.74) is 0. The largest absolute Gasteiger partial charge is 0.469 e. The van der Waals surface area contributed by atoms with Crippen LogP contribution in [0.2, 0.25) is 0 Å². The molecule has 0 bridgehead atoms. The van der Waals surface area contributed by atoms with Gasteiger partial charge in [0.25, 0.3) is 0 Å². The van der Waals surface area contributed by atoms with Gasteiger partial charge in [0.2, 0.25) is 5.91 Å². The summed E-state index contributed by atoms with van der Waals surface area (Å²) < 4.78 is 9.99. The second-order valence-corrected chi connectivity index (χ2v) is 5.20. The van der Waals surface area contributed by atoms with Crippen LogP contribution >= 0.6 is 0 Å². The zero-order chi connectivity index (χ0) is 15.0. The molecule has 1 rings (SSSR count). The lowest BCUT2D eigenvalue weighted by molar-refractivity contribution is -0.146. The summed E-state index contributed by atoms with van der Waals surface area (Å²) in [5, 5.41) is 0. The monoisotopic (exact) mass is 286 g/mol. The minimum atomic E-state index is -0.285. The number of esters is 1. The Morgan fingerprint density at radius 1 is 1.35 bits per heavy atom. The van der Waals surface area contributed by atoms with Crippen LogP contribution in [0.3, 0.4) is 0 Å². The summed E-state index contributed by atoms with van der Waals surface area (Å²) in [6, 6.07) is 0. The Balaban J connectivity index is 2.31. The van der Waals surface area contributed by atoms with Crippen LogP contribution in [-0.2, 0) is 19.1 Å². The van der Waals surface area contributed by atoms with Crippen LogP contribution in [0.5, 0.6) is 0 Å². The molecular weight excluding hydrogens is 260 g/mol. The van der Waals surface area contributed by atoms with E-state index in [9.17, 15) is 9.59 Å². The maximum atomic E-state index is 11.6. The third-order valence-electron chi connectivity index (χ3n) is 3.55. The molecule has 116 valence electrons. The summed E-state index contributed by atoms with van der Waals surface area (Å²) in [6.07, 6.45) is 0.910. The number of hydrogen-bond acceptors (Lipinski definition) is 5. The Morgan fingerprint density at radius 2 is 2.00 bits per heavy atom. The lowest BCUT2D eigenvalue weighted by atomic mass is 10.1. The highest BCUT2D eigenvalue weighted by Gasteiger charge is 2.19. The summed E-state index contributed by atoms with van der Waals surface area (Å²) in [5.74, 6) is -0.556. The molecule has 0 aromatic carbocycles. The van der Waals surface area contributed by atoms with E-state index in [1.165, 1.54) is 7.11 Å². The number of nitrogens with zero attached hydrogens (tertiary/aromatic N) is 2. The fourth-order valence-electron chi connectivity index (χ4n) is 2.29. The van der Waals surface area contributed by atoms with E-state index in [1.54, 1.807) is 18.7 Å². The molecule has 1 fully saturated rings. The highest BCUT2D eigenvalue weighted by molar-refractivity contribution is 5.76. The van der Waals surface area contributed by atoms with E-state index < -0.39 is 0 Å². The molecule has 1 heterocycles. The molecule has 6 nitrogen and oxygen atoms in total. The van der Waals surface area contributed by atoms with Gasteiger partial charge in [0, 0.05) is 39.6 Å². The van der Waals surface area contributed by atoms with Gasteiger partial charge in [-0.3, -0.25) is 14.5 Å². The smallest absolute Gasteiger partial charge is 0.310 e. The van der Waals surface area contributed by atoms with E-state index >= 15 is 0 Å². The van der Waals surface area contributed by atoms with Crippen molar-refractivity contribution in [3.05, 3.63) is 0 Å². The number of amides is 1. The van der Waals surface area contributed by atoms with E-state index in [-0.39, 0.29) is 17.8 Å². The molecule has 20 heavy (non-hydrogen) atoms. The van der Waals surface area contributed by atoms with Crippen LogP contribution in [0, 0.1) is 5.92 Å². The average molecular weight is 286 g/mol. The van der Waals surface area contributed by atoms with Crippen molar-refractivity contribution < 1.29 is 19.1 Å². The van der Waals surface area contributed by atoms with Crippen molar-refractivity contribution >= 4 is 11.9 Å². The predicted octanol–water partition coefficient (Wildman–Crippen LogP) is 0.366. The Labute approximate surface area is 121 Å². The molecule has 0 spiro atoms. The van der Waals surface area contributed by atoms with Gasteiger partial charge < -0.3 is 14.4 Å². The summed E-state index contributed by atoms with van der Waals surface area (Å²) in [6.45, 7) is 8.87. The molecule has 1 unspecified atom stereocenters. The highest BCUT2D eigenvalue weighted by Crippen LogP contribution is 2.05. The van der Waals surface area contributed by atoms with Gasteiger partial charge in [-0.2, -0.15) is 0 Å². The van der Waals surface area contributed by atoms with E-state index in [4.69, 9.17) is 9.47 Å². The maximum Gasteiger partial charge on any atom is 0.310 e. The van der Waals surface area contributed by atoms with Gasteiger partial charge in [-0.1, -0.05) is 6.92 Å². The van der Waals surface area contributed by atoms with E-state index in [1.807, 2.05) is 0 Å². The molecule has 1 aliphatic heterocycles. The Kier molecular flexibility index (Phi) is 7.54. The molecule has 1 saturated heterocycles. The average Bonchev–Trinajstić information content (AvgIpc) is 2.46. The third-order valence-corrected chi connectivity index (χ3v) is 3.55. The summed E-state index contributed by atoms with van der Waals surface area (Å²) in [4.78, 5) is 27.1.